The van der Waals surface area contributed by atoms with Crippen molar-refractivity contribution in [2.45, 2.75) is 57.3 Å². The summed E-state index contributed by atoms with van der Waals surface area (Å²) in [5, 5.41) is 3.06. The fourth-order valence-electron chi connectivity index (χ4n) is 2.87. The van der Waals surface area contributed by atoms with E-state index in [0.29, 0.717) is 0 Å². The maximum absolute atomic E-state index is 13.0. The van der Waals surface area contributed by atoms with Crippen LogP contribution in [0.3, 0.4) is 0 Å². The van der Waals surface area contributed by atoms with Gasteiger partial charge in [0, 0.05) is 6.54 Å². The van der Waals surface area contributed by atoms with Crippen molar-refractivity contribution in [3.05, 3.63) is 35.6 Å². The van der Waals surface area contributed by atoms with Crippen LogP contribution < -0.4 is 5.32 Å². The summed E-state index contributed by atoms with van der Waals surface area (Å²) >= 11 is 0. The van der Waals surface area contributed by atoms with Gasteiger partial charge in [-0.25, -0.2) is 4.39 Å². The maximum atomic E-state index is 13.0. The van der Waals surface area contributed by atoms with Gasteiger partial charge in [-0.15, -0.1) is 0 Å². The van der Waals surface area contributed by atoms with Crippen molar-refractivity contribution < 1.29 is 9.18 Å². The highest BCUT2D eigenvalue weighted by atomic mass is 19.1. The molecule has 1 fully saturated rings. The molecule has 0 bridgehead atoms. The molecule has 0 aromatic heterocycles. The highest BCUT2D eigenvalue weighted by Crippen LogP contribution is 2.43. The Morgan fingerprint density at radius 2 is 1.90 bits per heavy atom. The number of hydrogen-bond acceptors (Lipinski definition) is 1. The maximum Gasteiger partial charge on any atom is 0.230 e. The summed E-state index contributed by atoms with van der Waals surface area (Å²) in [6.45, 7) is 2.93. The number of amides is 1. The molecule has 1 aliphatic carbocycles. The number of benzene rings is 1. The predicted octanol–water partition coefficient (Wildman–Crippen LogP) is 3.94. The van der Waals surface area contributed by atoms with E-state index in [1.807, 2.05) is 0 Å². The minimum atomic E-state index is -0.404. The fraction of sp³-hybridized carbons (Fsp3) is 0.588. The van der Waals surface area contributed by atoms with Gasteiger partial charge in [-0.05, 0) is 37.0 Å². The van der Waals surface area contributed by atoms with Crippen LogP contribution in [-0.2, 0) is 10.2 Å². The van der Waals surface area contributed by atoms with Crippen molar-refractivity contribution >= 4 is 5.91 Å². The molecule has 1 N–H and O–H groups in total. The van der Waals surface area contributed by atoms with E-state index in [4.69, 9.17) is 0 Å². The number of rotatable bonds is 7. The molecular weight excluding hydrogens is 253 g/mol. The highest BCUT2D eigenvalue weighted by Gasteiger charge is 2.45. The van der Waals surface area contributed by atoms with Crippen LogP contribution in [0.2, 0.25) is 0 Å². The largest absolute Gasteiger partial charge is 0.355 e. The molecule has 1 aliphatic rings. The molecule has 0 atom stereocenters. The Hall–Kier alpha value is -1.38. The molecule has 2 nitrogen and oxygen atoms in total. The summed E-state index contributed by atoms with van der Waals surface area (Å²) in [6, 6.07) is 6.41. The molecule has 0 spiro atoms. The van der Waals surface area contributed by atoms with E-state index in [1.54, 1.807) is 12.1 Å². The van der Waals surface area contributed by atoms with Gasteiger partial charge in [0.2, 0.25) is 5.91 Å². The normalized spacial score (nSPS) is 16.5. The topological polar surface area (TPSA) is 29.1 Å². The van der Waals surface area contributed by atoms with E-state index >= 15 is 0 Å². The van der Waals surface area contributed by atoms with Gasteiger partial charge in [0.1, 0.15) is 5.82 Å². The van der Waals surface area contributed by atoms with Crippen molar-refractivity contribution in [2.75, 3.05) is 6.54 Å². The van der Waals surface area contributed by atoms with E-state index in [-0.39, 0.29) is 11.7 Å². The van der Waals surface area contributed by atoms with Crippen molar-refractivity contribution in [3.63, 3.8) is 0 Å². The van der Waals surface area contributed by atoms with Crippen molar-refractivity contribution in [2.24, 2.45) is 0 Å². The van der Waals surface area contributed by atoms with Crippen molar-refractivity contribution in [1.82, 2.24) is 5.32 Å². The van der Waals surface area contributed by atoms with Gasteiger partial charge in [0.15, 0.2) is 0 Å². The van der Waals surface area contributed by atoms with Crippen LogP contribution in [0.4, 0.5) is 4.39 Å². The summed E-state index contributed by atoms with van der Waals surface area (Å²) in [7, 11) is 0. The van der Waals surface area contributed by atoms with Crippen molar-refractivity contribution in [1.29, 1.82) is 0 Å². The molecule has 3 heteroatoms. The Balaban J connectivity index is 1.93. The lowest BCUT2D eigenvalue weighted by Crippen LogP contribution is -2.49. The molecule has 2 rings (SSSR count). The molecule has 1 aromatic carbocycles. The Morgan fingerprint density at radius 3 is 2.45 bits per heavy atom. The SMILES string of the molecule is CCCCCCNC(=O)C1(c2ccc(F)cc2)CCC1. The van der Waals surface area contributed by atoms with Gasteiger partial charge >= 0.3 is 0 Å². The van der Waals surface area contributed by atoms with E-state index < -0.39 is 5.41 Å². The predicted molar refractivity (Wildman–Crippen MR) is 79.1 cm³/mol. The molecule has 1 aromatic rings. The number of halogens is 1. The van der Waals surface area contributed by atoms with Crippen LogP contribution in [0.15, 0.2) is 24.3 Å². The summed E-state index contributed by atoms with van der Waals surface area (Å²) in [5.41, 5.74) is 0.551. The minimum absolute atomic E-state index is 0.117. The smallest absolute Gasteiger partial charge is 0.230 e. The monoisotopic (exact) mass is 277 g/mol. The highest BCUT2D eigenvalue weighted by molar-refractivity contribution is 5.89. The second kappa shape index (κ2) is 6.87. The average molecular weight is 277 g/mol. The van der Waals surface area contributed by atoms with E-state index in [9.17, 15) is 9.18 Å². The number of nitrogens with one attached hydrogen (secondary N) is 1. The molecule has 20 heavy (non-hydrogen) atoms. The Bertz CT molecular complexity index is 437. The summed E-state index contributed by atoms with van der Waals surface area (Å²) in [6.07, 6.45) is 7.45. The zero-order valence-corrected chi connectivity index (χ0v) is 12.3. The van der Waals surface area contributed by atoms with Gasteiger partial charge in [0.25, 0.3) is 0 Å². The fourth-order valence-corrected chi connectivity index (χ4v) is 2.87. The van der Waals surface area contributed by atoms with E-state index in [1.165, 1.54) is 31.4 Å². The first-order valence-electron chi connectivity index (χ1n) is 7.73. The van der Waals surface area contributed by atoms with Gasteiger partial charge in [-0.2, -0.15) is 0 Å². The zero-order valence-electron chi connectivity index (χ0n) is 12.3. The van der Waals surface area contributed by atoms with Crippen LogP contribution in [0.1, 0.15) is 57.4 Å². The minimum Gasteiger partial charge on any atom is -0.355 e. The van der Waals surface area contributed by atoms with Crippen LogP contribution in [0.5, 0.6) is 0 Å². The van der Waals surface area contributed by atoms with E-state index in [0.717, 1.165) is 37.8 Å². The Kier molecular flexibility index (Phi) is 5.16. The zero-order chi connectivity index (χ0) is 14.4. The lowest BCUT2D eigenvalue weighted by molar-refractivity contribution is -0.129. The average Bonchev–Trinajstić information content (AvgIpc) is 2.39. The van der Waals surface area contributed by atoms with Crippen LogP contribution in [0.25, 0.3) is 0 Å². The molecule has 1 saturated carbocycles. The standard InChI is InChI=1S/C17H24FNO/c1-2-3-4-5-13-19-16(20)17(11-6-12-17)14-7-9-15(18)10-8-14/h7-10H,2-6,11-13H2,1H3,(H,19,20). The summed E-state index contributed by atoms with van der Waals surface area (Å²) in [4.78, 5) is 12.5. The van der Waals surface area contributed by atoms with Gasteiger partial charge < -0.3 is 5.32 Å². The van der Waals surface area contributed by atoms with Crippen LogP contribution in [-0.4, -0.2) is 12.5 Å². The molecule has 0 heterocycles. The molecule has 110 valence electrons. The third-order valence-corrected chi connectivity index (χ3v) is 4.35. The third-order valence-electron chi connectivity index (χ3n) is 4.35. The second-order valence-corrected chi connectivity index (χ2v) is 5.76. The van der Waals surface area contributed by atoms with E-state index in [2.05, 4.69) is 12.2 Å². The molecule has 0 aliphatic heterocycles. The first-order valence-corrected chi connectivity index (χ1v) is 7.73. The lowest BCUT2D eigenvalue weighted by atomic mass is 9.64. The lowest BCUT2D eigenvalue weighted by Gasteiger charge is -2.40. The summed E-state index contributed by atoms with van der Waals surface area (Å²) in [5.74, 6) is -0.130. The quantitative estimate of drug-likeness (QED) is 0.751. The molecular formula is C17H24FNO. The molecule has 0 radical (unpaired) electrons. The number of unbranched alkanes of at least 4 members (excludes halogenated alkanes) is 3. The number of hydrogen-bond donors (Lipinski definition) is 1. The summed E-state index contributed by atoms with van der Waals surface area (Å²) < 4.78 is 13.0. The van der Waals surface area contributed by atoms with Gasteiger partial charge in [-0.3, -0.25) is 4.79 Å². The van der Waals surface area contributed by atoms with Crippen molar-refractivity contribution in [3.8, 4) is 0 Å². The Labute approximate surface area is 120 Å². The Morgan fingerprint density at radius 1 is 1.20 bits per heavy atom. The molecule has 0 saturated heterocycles. The second-order valence-electron chi connectivity index (χ2n) is 5.76. The van der Waals surface area contributed by atoms with Gasteiger partial charge in [-0.1, -0.05) is 44.7 Å². The first kappa shape index (κ1) is 15.0. The third kappa shape index (κ3) is 3.20. The van der Waals surface area contributed by atoms with Crippen LogP contribution >= 0.6 is 0 Å². The molecule has 0 unspecified atom stereocenters. The number of carbonyl (C=O) groups is 1. The van der Waals surface area contributed by atoms with Crippen LogP contribution in [0, 0.1) is 5.82 Å². The molecule has 1 amide bonds. The number of carbonyl (C=O) groups excluding carboxylic acids is 1. The first-order chi connectivity index (χ1) is 9.69. The van der Waals surface area contributed by atoms with Gasteiger partial charge in [0.05, 0.1) is 5.41 Å².